The first-order valence-electron chi connectivity index (χ1n) is 7.81. The Morgan fingerprint density at radius 3 is 2.61 bits per heavy atom. The lowest BCUT2D eigenvalue weighted by Crippen LogP contribution is -2.35. The van der Waals surface area contributed by atoms with Gasteiger partial charge >= 0.3 is 5.97 Å². The number of anilines is 1. The normalized spacial score (nSPS) is 12.0. The molecule has 1 atom stereocenters. The van der Waals surface area contributed by atoms with E-state index in [9.17, 15) is 9.59 Å². The summed E-state index contributed by atoms with van der Waals surface area (Å²) in [6.07, 6.45) is 3.13. The lowest BCUT2D eigenvalue weighted by Gasteiger charge is -2.14. The molecule has 128 valence electrons. The molecular weight excluding hydrogens is 407 g/mol. The summed E-state index contributed by atoms with van der Waals surface area (Å²) in [5, 5.41) is 2.84. The Hall–Kier alpha value is -1.31. The third-order valence-corrected chi connectivity index (χ3v) is 4.07. The average Bonchev–Trinajstić information content (AvgIpc) is 2.46. The Labute approximate surface area is 151 Å². The van der Waals surface area contributed by atoms with Crippen LogP contribution in [0, 0.1) is 9.49 Å². The number of ether oxygens (including phenoxy) is 1. The van der Waals surface area contributed by atoms with E-state index in [-0.39, 0.29) is 24.1 Å². The second-order valence-corrected chi connectivity index (χ2v) is 7.35. The first-order chi connectivity index (χ1) is 10.8. The monoisotopic (exact) mass is 432 g/mol. The standard InChI is InChI=1S/C17H25IN2O3/c1-11(2)5-4-6-12(3)20-16(21)10-23-17(22)14-9-13(18)7-8-15(14)19/h7-9,11-12H,4-6,10,19H2,1-3H3,(H,20,21). The van der Waals surface area contributed by atoms with Crippen LogP contribution < -0.4 is 11.1 Å². The first-order valence-corrected chi connectivity index (χ1v) is 8.89. The number of nitrogens with two attached hydrogens (primary N) is 1. The summed E-state index contributed by atoms with van der Waals surface area (Å²) in [6.45, 7) is 6.02. The molecule has 1 rings (SSSR count). The highest BCUT2D eigenvalue weighted by atomic mass is 127. The number of carbonyl (C=O) groups is 2. The summed E-state index contributed by atoms with van der Waals surface area (Å²) < 4.78 is 5.92. The van der Waals surface area contributed by atoms with Gasteiger partial charge in [0.25, 0.3) is 5.91 Å². The molecule has 1 aromatic rings. The number of esters is 1. The van der Waals surface area contributed by atoms with Gasteiger partial charge in [0.15, 0.2) is 6.61 Å². The Balaban J connectivity index is 2.38. The van der Waals surface area contributed by atoms with Gasteiger partial charge in [-0.25, -0.2) is 4.79 Å². The highest BCUT2D eigenvalue weighted by Gasteiger charge is 2.14. The third kappa shape index (κ3) is 7.67. The van der Waals surface area contributed by atoms with Crippen molar-refractivity contribution < 1.29 is 14.3 Å². The molecular formula is C17H25IN2O3. The van der Waals surface area contributed by atoms with Gasteiger partial charge in [0.05, 0.1) is 5.56 Å². The SMILES string of the molecule is CC(C)CCCC(C)NC(=O)COC(=O)c1cc(I)ccc1N. The summed E-state index contributed by atoms with van der Waals surface area (Å²) in [6, 6.07) is 5.17. The molecule has 1 unspecified atom stereocenters. The predicted molar refractivity (Wildman–Crippen MR) is 100 cm³/mol. The molecule has 0 saturated heterocycles. The van der Waals surface area contributed by atoms with Crippen molar-refractivity contribution in [2.75, 3.05) is 12.3 Å². The molecule has 5 nitrogen and oxygen atoms in total. The zero-order valence-corrected chi connectivity index (χ0v) is 16.1. The van der Waals surface area contributed by atoms with E-state index in [2.05, 4.69) is 41.8 Å². The molecule has 3 N–H and O–H groups in total. The van der Waals surface area contributed by atoms with Gasteiger partial charge < -0.3 is 15.8 Å². The van der Waals surface area contributed by atoms with Crippen LogP contribution in [-0.2, 0) is 9.53 Å². The van der Waals surface area contributed by atoms with Crippen LogP contribution in [0.4, 0.5) is 5.69 Å². The number of benzene rings is 1. The van der Waals surface area contributed by atoms with E-state index >= 15 is 0 Å². The zero-order chi connectivity index (χ0) is 17.4. The van der Waals surface area contributed by atoms with Crippen molar-refractivity contribution in [2.45, 2.75) is 46.1 Å². The Morgan fingerprint density at radius 2 is 1.96 bits per heavy atom. The Morgan fingerprint density at radius 1 is 1.26 bits per heavy atom. The van der Waals surface area contributed by atoms with Crippen molar-refractivity contribution in [3.8, 4) is 0 Å². The molecule has 0 bridgehead atoms. The third-order valence-electron chi connectivity index (χ3n) is 3.40. The Kier molecular flexibility index (Phi) is 8.36. The molecule has 0 fully saturated rings. The molecule has 0 spiro atoms. The molecule has 0 saturated carbocycles. The number of amides is 1. The minimum Gasteiger partial charge on any atom is -0.452 e. The van der Waals surface area contributed by atoms with Crippen LogP contribution in [0.15, 0.2) is 18.2 Å². The number of halogens is 1. The van der Waals surface area contributed by atoms with Crippen molar-refractivity contribution in [1.82, 2.24) is 5.32 Å². The van der Waals surface area contributed by atoms with Crippen LogP contribution in [0.3, 0.4) is 0 Å². The molecule has 0 aromatic heterocycles. The van der Waals surface area contributed by atoms with Crippen molar-refractivity contribution in [3.63, 3.8) is 0 Å². The fraction of sp³-hybridized carbons (Fsp3) is 0.529. The summed E-state index contributed by atoms with van der Waals surface area (Å²) in [5.74, 6) is -0.207. The molecule has 23 heavy (non-hydrogen) atoms. The largest absolute Gasteiger partial charge is 0.452 e. The molecule has 1 aromatic carbocycles. The molecule has 0 aliphatic rings. The van der Waals surface area contributed by atoms with E-state index in [1.54, 1.807) is 18.2 Å². The summed E-state index contributed by atoms with van der Waals surface area (Å²) in [5.41, 5.74) is 6.38. The summed E-state index contributed by atoms with van der Waals surface area (Å²) >= 11 is 2.09. The van der Waals surface area contributed by atoms with E-state index < -0.39 is 5.97 Å². The van der Waals surface area contributed by atoms with Crippen LogP contribution in [0.25, 0.3) is 0 Å². The number of nitrogen functional groups attached to an aromatic ring is 1. The predicted octanol–water partition coefficient (Wildman–Crippen LogP) is 3.36. The van der Waals surface area contributed by atoms with Gasteiger partial charge in [0, 0.05) is 15.3 Å². The molecule has 0 aliphatic heterocycles. The topological polar surface area (TPSA) is 81.4 Å². The minimum absolute atomic E-state index is 0.0719. The van der Waals surface area contributed by atoms with Gasteiger partial charge in [-0.15, -0.1) is 0 Å². The van der Waals surface area contributed by atoms with E-state index in [1.807, 2.05) is 6.92 Å². The number of nitrogens with one attached hydrogen (secondary N) is 1. The van der Waals surface area contributed by atoms with E-state index in [0.29, 0.717) is 11.6 Å². The number of hydrogen-bond acceptors (Lipinski definition) is 4. The van der Waals surface area contributed by atoms with Crippen LogP contribution >= 0.6 is 22.6 Å². The summed E-state index contributed by atoms with van der Waals surface area (Å²) in [4.78, 5) is 23.8. The molecule has 0 heterocycles. The summed E-state index contributed by atoms with van der Waals surface area (Å²) in [7, 11) is 0. The fourth-order valence-corrected chi connectivity index (χ4v) is 2.63. The second-order valence-electron chi connectivity index (χ2n) is 6.10. The van der Waals surface area contributed by atoms with Gasteiger partial charge in [-0.2, -0.15) is 0 Å². The van der Waals surface area contributed by atoms with Crippen molar-refractivity contribution in [3.05, 3.63) is 27.3 Å². The molecule has 1 amide bonds. The lowest BCUT2D eigenvalue weighted by molar-refractivity contribution is -0.124. The highest BCUT2D eigenvalue weighted by molar-refractivity contribution is 14.1. The van der Waals surface area contributed by atoms with Crippen LogP contribution in [0.5, 0.6) is 0 Å². The lowest BCUT2D eigenvalue weighted by atomic mass is 10.0. The number of rotatable bonds is 8. The maximum absolute atomic E-state index is 12.0. The first kappa shape index (κ1) is 19.7. The average molecular weight is 432 g/mol. The van der Waals surface area contributed by atoms with E-state index in [0.717, 1.165) is 22.8 Å². The van der Waals surface area contributed by atoms with Crippen LogP contribution in [0.1, 0.15) is 50.4 Å². The van der Waals surface area contributed by atoms with Gasteiger partial charge in [0.2, 0.25) is 0 Å². The van der Waals surface area contributed by atoms with Crippen molar-refractivity contribution >= 4 is 40.2 Å². The van der Waals surface area contributed by atoms with Crippen LogP contribution in [-0.4, -0.2) is 24.5 Å². The second kappa shape index (κ2) is 9.75. The van der Waals surface area contributed by atoms with Gasteiger partial charge in [0.1, 0.15) is 0 Å². The molecule has 0 radical (unpaired) electrons. The Bertz CT molecular complexity index is 547. The van der Waals surface area contributed by atoms with Crippen LogP contribution in [0.2, 0.25) is 0 Å². The molecule has 0 aliphatic carbocycles. The van der Waals surface area contributed by atoms with E-state index in [4.69, 9.17) is 10.5 Å². The van der Waals surface area contributed by atoms with E-state index in [1.165, 1.54) is 0 Å². The zero-order valence-electron chi connectivity index (χ0n) is 13.9. The molecule has 6 heteroatoms. The van der Waals surface area contributed by atoms with Gasteiger partial charge in [-0.05, 0) is 60.1 Å². The highest BCUT2D eigenvalue weighted by Crippen LogP contribution is 2.16. The van der Waals surface area contributed by atoms with Gasteiger partial charge in [-0.1, -0.05) is 26.7 Å². The number of carbonyl (C=O) groups excluding carboxylic acids is 2. The maximum Gasteiger partial charge on any atom is 0.340 e. The minimum atomic E-state index is -0.580. The quantitative estimate of drug-likeness (QED) is 0.375. The smallest absolute Gasteiger partial charge is 0.340 e. The van der Waals surface area contributed by atoms with Crippen molar-refractivity contribution in [2.24, 2.45) is 5.92 Å². The fourth-order valence-electron chi connectivity index (χ4n) is 2.14. The number of hydrogen-bond donors (Lipinski definition) is 2. The van der Waals surface area contributed by atoms with Gasteiger partial charge in [-0.3, -0.25) is 4.79 Å². The maximum atomic E-state index is 12.0. The van der Waals surface area contributed by atoms with Crippen molar-refractivity contribution in [1.29, 1.82) is 0 Å².